The molecule has 10 aromatic rings. The topological polar surface area (TPSA) is 43.6 Å². The van der Waals surface area contributed by atoms with Gasteiger partial charge in [-0.2, -0.15) is 0 Å². The number of para-hydroxylation sites is 1. The summed E-state index contributed by atoms with van der Waals surface area (Å²) in [5.41, 5.74) is 13.4. The second-order valence-electron chi connectivity index (χ2n) is 13.6. The quantitative estimate of drug-likeness (QED) is 0.182. The Morgan fingerprint density at radius 3 is 1.60 bits per heavy atom. The average molecular weight is 675 g/mol. The van der Waals surface area contributed by atoms with Crippen molar-refractivity contribution in [1.82, 2.24) is 19.5 Å². The molecular formula is C49H30N4. The zero-order chi connectivity index (χ0) is 34.9. The summed E-state index contributed by atoms with van der Waals surface area (Å²) in [6.07, 6.45) is 0. The lowest BCUT2D eigenvalue weighted by molar-refractivity contribution is 1.07. The monoisotopic (exact) mass is 674 g/mol. The third-order valence-electron chi connectivity index (χ3n) is 10.6. The fraction of sp³-hybridized carbons (Fsp3) is 0. The number of hydrogen-bond donors (Lipinski definition) is 0. The summed E-state index contributed by atoms with van der Waals surface area (Å²) in [7, 11) is 0. The zero-order valence-corrected chi connectivity index (χ0v) is 28.6. The minimum atomic E-state index is 0.646. The fourth-order valence-electron chi connectivity index (χ4n) is 8.20. The van der Waals surface area contributed by atoms with Crippen LogP contribution in [0.1, 0.15) is 0 Å². The Kier molecular flexibility index (Phi) is 6.52. The molecule has 1 aliphatic rings. The van der Waals surface area contributed by atoms with E-state index in [4.69, 9.17) is 15.0 Å². The molecule has 0 saturated heterocycles. The van der Waals surface area contributed by atoms with E-state index in [0.29, 0.717) is 17.5 Å². The van der Waals surface area contributed by atoms with Gasteiger partial charge in [0, 0.05) is 38.7 Å². The number of aromatic nitrogens is 4. The molecule has 0 bridgehead atoms. The lowest BCUT2D eigenvalue weighted by Gasteiger charge is -2.16. The van der Waals surface area contributed by atoms with Gasteiger partial charge in [0.25, 0.3) is 0 Å². The van der Waals surface area contributed by atoms with Gasteiger partial charge in [0.2, 0.25) is 0 Å². The van der Waals surface area contributed by atoms with Crippen molar-refractivity contribution in [2.75, 3.05) is 0 Å². The second-order valence-corrected chi connectivity index (χ2v) is 13.6. The third-order valence-corrected chi connectivity index (χ3v) is 10.6. The van der Waals surface area contributed by atoms with E-state index >= 15 is 0 Å². The molecular weight excluding hydrogens is 645 g/mol. The fourth-order valence-corrected chi connectivity index (χ4v) is 8.20. The molecule has 4 heteroatoms. The number of hydrogen-bond acceptors (Lipinski definition) is 3. The maximum atomic E-state index is 5.26. The van der Waals surface area contributed by atoms with E-state index in [1.807, 2.05) is 36.4 Å². The number of fused-ring (bicyclic) bond motifs is 6. The van der Waals surface area contributed by atoms with E-state index in [2.05, 4.69) is 150 Å². The molecule has 53 heavy (non-hydrogen) atoms. The van der Waals surface area contributed by atoms with Crippen molar-refractivity contribution >= 4 is 32.6 Å². The van der Waals surface area contributed by atoms with Crippen LogP contribution in [0.4, 0.5) is 0 Å². The molecule has 0 radical (unpaired) electrons. The molecule has 0 saturated carbocycles. The number of benzene rings is 8. The van der Waals surface area contributed by atoms with Crippen molar-refractivity contribution in [3.05, 3.63) is 182 Å². The molecule has 1 aliphatic carbocycles. The van der Waals surface area contributed by atoms with Gasteiger partial charge < -0.3 is 4.57 Å². The van der Waals surface area contributed by atoms with E-state index < -0.39 is 0 Å². The molecule has 0 aliphatic heterocycles. The van der Waals surface area contributed by atoms with E-state index in [0.717, 1.165) is 39.0 Å². The highest BCUT2D eigenvalue weighted by atomic mass is 15.0. The van der Waals surface area contributed by atoms with Gasteiger partial charge in [-0.05, 0) is 68.9 Å². The minimum Gasteiger partial charge on any atom is -0.309 e. The summed E-state index contributed by atoms with van der Waals surface area (Å²) in [6, 6.07) is 64.5. The molecule has 0 spiro atoms. The van der Waals surface area contributed by atoms with Gasteiger partial charge in [-0.25, -0.2) is 15.0 Å². The Labute approximate surface area is 306 Å². The predicted molar refractivity (Wildman–Crippen MR) is 218 cm³/mol. The minimum absolute atomic E-state index is 0.646. The summed E-state index contributed by atoms with van der Waals surface area (Å²) < 4.78 is 2.41. The normalized spacial score (nSPS) is 11.8. The van der Waals surface area contributed by atoms with Crippen LogP contribution >= 0.6 is 0 Å². The summed E-state index contributed by atoms with van der Waals surface area (Å²) in [5, 5.41) is 4.91. The van der Waals surface area contributed by atoms with Crippen LogP contribution in [-0.2, 0) is 0 Å². The highest BCUT2D eigenvalue weighted by Gasteiger charge is 2.28. The smallest absolute Gasteiger partial charge is 0.164 e. The van der Waals surface area contributed by atoms with Gasteiger partial charge in [0.15, 0.2) is 17.5 Å². The van der Waals surface area contributed by atoms with Crippen molar-refractivity contribution < 1.29 is 0 Å². The van der Waals surface area contributed by atoms with E-state index in [1.165, 1.54) is 49.4 Å². The largest absolute Gasteiger partial charge is 0.309 e. The van der Waals surface area contributed by atoms with Crippen LogP contribution in [0, 0.1) is 0 Å². The van der Waals surface area contributed by atoms with Crippen LogP contribution < -0.4 is 0 Å². The molecule has 0 unspecified atom stereocenters. The highest BCUT2D eigenvalue weighted by molar-refractivity contribution is 6.19. The molecule has 2 aromatic heterocycles. The third kappa shape index (κ3) is 4.66. The van der Waals surface area contributed by atoms with Crippen molar-refractivity contribution in [1.29, 1.82) is 0 Å². The average Bonchev–Trinajstić information content (AvgIpc) is 3.75. The van der Waals surface area contributed by atoms with Crippen molar-refractivity contribution in [3.63, 3.8) is 0 Å². The molecule has 11 rings (SSSR count). The Hall–Kier alpha value is -7.17. The first-order valence-electron chi connectivity index (χ1n) is 18.0. The lowest BCUT2D eigenvalue weighted by Crippen LogP contribution is -2.02. The Balaban J connectivity index is 1.23. The molecule has 0 amide bonds. The van der Waals surface area contributed by atoms with Gasteiger partial charge in [0.1, 0.15) is 0 Å². The number of nitrogens with zero attached hydrogens (tertiary/aromatic N) is 4. The Morgan fingerprint density at radius 2 is 0.906 bits per heavy atom. The summed E-state index contributed by atoms with van der Waals surface area (Å²) >= 11 is 0. The van der Waals surface area contributed by atoms with E-state index in [1.54, 1.807) is 0 Å². The summed E-state index contributed by atoms with van der Waals surface area (Å²) in [5.74, 6) is 1.94. The van der Waals surface area contributed by atoms with Gasteiger partial charge >= 0.3 is 0 Å². The first kappa shape index (κ1) is 29.5. The van der Waals surface area contributed by atoms with Crippen molar-refractivity contribution in [2.24, 2.45) is 0 Å². The Bertz CT molecular complexity index is 2980. The van der Waals surface area contributed by atoms with Crippen molar-refractivity contribution in [3.8, 4) is 73.2 Å². The van der Waals surface area contributed by atoms with Crippen LogP contribution in [0.2, 0.25) is 0 Å². The zero-order valence-electron chi connectivity index (χ0n) is 28.6. The van der Waals surface area contributed by atoms with Crippen LogP contribution in [-0.4, -0.2) is 19.5 Å². The maximum Gasteiger partial charge on any atom is 0.164 e. The standard InChI is InChI=1S/C49H30N4/c1-4-14-31(15-5-1)35-26-27-44-40(28-35)37-22-10-11-25-43(37)53(44)36-29-41-38-23-12-20-32-21-13-24-39(45(32)38)46(41)42(30-36)49-51-47(33-16-6-2-7-17-33)50-48(52-49)34-18-8-3-9-19-34/h1-30H. The van der Waals surface area contributed by atoms with Gasteiger partial charge in [-0.1, -0.05) is 152 Å². The van der Waals surface area contributed by atoms with Crippen LogP contribution in [0.15, 0.2) is 182 Å². The van der Waals surface area contributed by atoms with Crippen LogP contribution in [0.25, 0.3) is 106 Å². The van der Waals surface area contributed by atoms with Gasteiger partial charge in [-0.3, -0.25) is 0 Å². The maximum absolute atomic E-state index is 5.26. The Morgan fingerprint density at radius 1 is 0.340 bits per heavy atom. The molecule has 0 atom stereocenters. The molecule has 246 valence electrons. The van der Waals surface area contributed by atoms with Gasteiger partial charge in [0.05, 0.1) is 11.0 Å². The number of rotatable bonds is 5. The summed E-state index contributed by atoms with van der Waals surface area (Å²) in [4.78, 5) is 15.6. The van der Waals surface area contributed by atoms with E-state index in [-0.39, 0.29) is 0 Å². The van der Waals surface area contributed by atoms with Gasteiger partial charge in [-0.15, -0.1) is 0 Å². The molecule has 8 aromatic carbocycles. The molecule has 2 heterocycles. The van der Waals surface area contributed by atoms with Crippen molar-refractivity contribution in [2.45, 2.75) is 0 Å². The van der Waals surface area contributed by atoms with Crippen LogP contribution in [0.5, 0.6) is 0 Å². The second kappa shape index (κ2) is 11.7. The SMILES string of the molecule is c1ccc(-c2ccc3c(c2)c2ccccc2n3-c2cc(-c3nc(-c4ccccc4)nc(-c4ccccc4)n3)c3c(c2)-c2cccc4cccc-3c24)cc1. The van der Waals surface area contributed by atoms with E-state index in [9.17, 15) is 0 Å². The summed E-state index contributed by atoms with van der Waals surface area (Å²) in [6.45, 7) is 0. The predicted octanol–water partition coefficient (Wildman–Crippen LogP) is 12.4. The first-order valence-corrected chi connectivity index (χ1v) is 18.0. The molecule has 0 N–H and O–H groups in total. The first-order chi connectivity index (χ1) is 26.3. The molecule has 4 nitrogen and oxygen atoms in total. The molecule has 0 fully saturated rings. The lowest BCUT2D eigenvalue weighted by atomic mass is 9.96. The highest BCUT2D eigenvalue weighted by Crippen LogP contribution is 2.52. The van der Waals surface area contributed by atoms with Crippen LogP contribution in [0.3, 0.4) is 0 Å².